The summed E-state index contributed by atoms with van der Waals surface area (Å²) in [6.45, 7) is 2.54. The normalized spacial score (nSPS) is 29.2. The fourth-order valence-electron chi connectivity index (χ4n) is 3.48. The van der Waals surface area contributed by atoms with E-state index in [4.69, 9.17) is 9.84 Å². The minimum atomic E-state index is -1.31. The fraction of sp³-hybridized carbons (Fsp3) is 1.00. The molecular weight excluding hydrogens is 334 g/mol. The molecule has 1 heterocycles. The van der Waals surface area contributed by atoms with Crippen LogP contribution in [-0.4, -0.2) is 64.2 Å². The molecule has 0 aromatic heterocycles. The lowest BCUT2D eigenvalue weighted by Gasteiger charge is -2.40. The Balaban J connectivity index is 1.95. The Morgan fingerprint density at radius 3 is 1.69 bits per heavy atom. The van der Waals surface area contributed by atoms with Gasteiger partial charge in [-0.3, -0.25) is 5.32 Å². The van der Waals surface area contributed by atoms with E-state index >= 15 is 0 Å². The van der Waals surface area contributed by atoms with E-state index in [9.17, 15) is 15.3 Å². The van der Waals surface area contributed by atoms with Crippen LogP contribution in [0.15, 0.2) is 0 Å². The first-order chi connectivity index (χ1) is 12.6. The molecule has 0 aromatic carbocycles. The number of rotatable bonds is 15. The third kappa shape index (κ3) is 9.11. The maximum atomic E-state index is 9.93. The molecule has 0 aromatic rings. The predicted molar refractivity (Wildman–Crippen MR) is 103 cm³/mol. The molecule has 5 atom stereocenters. The molecule has 26 heavy (non-hydrogen) atoms. The van der Waals surface area contributed by atoms with Gasteiger partial charge in [0, 0.05) is 0 Å². The minimum absolute atomic E-state index is 0.387. The van der Waals surface area contributed by atoms with Crippen LogP contribution >= 0.6 is 0 Å². The van der Waals surface area contributed by atoms with Gasteiger partial charge in [-0.2, -0.15) is 0 Å². The quantitative estimate of drug-likeness (QED) is 0.281. The number of aliphatic hydroxyl groups is 4. The molecule has 1 fully saturated rings. The summed E-state index contributed by atoms with van der Waals surface area (Å²) in [6.07, 6.45) is 10.1. The van der Waals surface area contributed by atoms with Gasteiger partial charge in [-0.05, 0) is 13.0 Å². The van der Waals surface area contributed by atoms with Gasteiger partial charge in [0.05, 0.1) is 6.61 Å². The highest BCUT2D eigenvalue weighted by molar-refractivity contribution is 4.90. The van der Waals surface area contributed by atoms with Gasteiger partial charge in [0.15, 0.2) is 0 Å². The summed E-state index contributed by atoms with van der Waals surface area (Å²) in [7, 11) is 0. The van der Waals surface area contributed by atoms with Crippen molar-refractivity contribution in [3.05, 3.63) is 0 Å². The topological polar surface area (TPSA) is 102 Å². The summed E-state index contributed by atoms with van der Waals surface area (Å²) in [5.41, 5.74) is 0. The summed E-state index contributed by atoms with van der Waals surface area (Å²) >= 11 is 0. The van der Waals surface area contributed by atoms with E-state index in [-0.39, 0.29) is 6.61 Å². The average molecular weight is 376 g/mol. The lowest BCUT2D eigenvalue weighted by atomic mass is 9.98. The van der Waals surface area contributed by atoms with Crippen molar-refractivity contribution in [3.8, 4) is 0 Å². The predicted octanol–water partition coefficient (Wildman–Crippen LogP) is 2.08. The first-order valence-electron chi connectivity index (χ1n) is 10.7. The molecule has 1 unspecified atom stereocenters. The van der Waals surface area contributed by atoms with Crippen molar-refractivity contribution in [1.29, 1.82) is 0 Å². The number of aliphatic hydroxyl groups excluding tert-OH is 4. The molecule has 6 heteroatoms. The molecule has 1 rings (SSSR count). The molecule has 1 aliphatic heterocycles. The molecule has 0 bridgehead atoms. The Kier molecular flexibility index (Phi) is 13.5. The summed E-state index contributed by atoms with van der Waals surface area (Å²) in [5, 5.41) is 41.6. The fourth-order valence-corrected chi connectivity index (χ4v) is 3.48. The number of hydrogen-bond acceptors (Lipinski definition) is 6. The number of unbranched alkanes of at least 4 members (excludes halogenated alkanes) is 11. The van der Waals surface area contributed by atoms with Gasteiger partial charge >= 0.3 is 0 Å². The number of ether oxygens (including phenoxy) is 1. The van der Waals surface area contributed by atoms with E-state index in [1.54, 1.807) is 0 Å². The molecule has 1 aliphatic rings. The smallest absolute Gasteiger partial charge is 0.137 e. The average Bonchev–Trinajstić information content (AvgIpc) is 2.65. The van der Waals surface area contributed by atoms with Crippen LogP contribution in [0.4, 0.5) is 0 Å². The Hall–Kier alpha value is -0.240. The largest absolute Gasteiger partial charge is 0.394 e. The van der Waals surface area contributed by atoms with E-state index in [2.05, 4.69) is 12.2 Å². The number of nitrogens with one attached hydrogen (secondary N) is 1. The van der Waals surface area contributed by atoms with Crippen LogP contribution < -0.4 is 5.32 Å². The van der Waals surface area contributed by atoms with Crippen molar-refractivity contribution in [2.45, 2.75) is 115 Å². The van der Waals surface area contributed by atoms with Crippen LogP contribution in [0.25, 0.3) is 0 Å². The molecule has 6 nitrogen and oxygen atoms in total. The lowest BCUT2D eigenvalue weighted by molar-refractivity contribution is -0.236. The Bertz CT molecular complexity index is 329. The second-order valence-corrected chi connectivity index (χ2v) is 7.59. The maximum absolute atomic E-state index is 9.93. The summed E-state index contributed by atoms with van der Waals surface area (Å²) in [5.74, 6) is 0. The maximum Gasteiger partial charge on any atom is 0.137 e. The van der Waals surface area contributed by atoms with Gasteiger partial charge in [0.1, 0.15) is 30.6 Å². The zero-order valence-electron chi connectivity index (χ0n) is 16.5. The van der Waals surface area contributed by atoms with E-state index in [1.807, 2.05) is 0 Å². The first kappa shape index (κ1) is 23.8. The first-order valence-corrected chi connectivity index (χ1v) is 10.7. The molecule has 0 saturated carbocycles. The second kappa shape index (κ2) is 14.8. The molecule has 0 amide bonds. The van der Waals surface area contributed by atoms with Crippen LogP contribution in [0.2, 0.25) is 0 Å². The van der Waals surface area contributed by atoms with Crippen molar-refractivity contribution in [2.24, 2.45) is 0 Å². The zero-order chi connectivity index (χ0) is 19.2. The van der Waals surface area contributed by atoms with Crippen LogP contribution in [0, 0.1) is 0 Å². The molecular formula is C20H41NO5. The van der Waals surface area contributed by atoms with Gasteiger partial charge in [-0.15, -0.1) is 0 Å². The van der Waals surface area contributed by atoms with Crippen molar-refractivity contribution >= 4 is 0 Å². The van der Waals surface area contributed by atoms with Gasteiger partial charge in [-0.25, -0.2) is 0 Å². The van der Waals surface area contributed by atoms with Gasteiger partial charge < -0.3 is 25.2 Å². The molecule has 0 aliphatic carbocycles. The van der Waals surface area contributed by atoms with E-state index in [1.165, 1.54) is 64.2 Å². The van der Waals surface area contributed by atoms with Crippen molar-refractivity contribution < 1.29 is 25.2 Å². The highest BCUT2D eigenvalue weighted by Gasteiger charge is 2.42. The van der Waals surface area contributed by atoms with Crippen LogP contribution in [0.3, 0.4) is 0 Å². The van der Waals surface area contributed by atoms with Gasteiger partial charge in [0.2, 0.25) is 0 Å². The van der Waals surface area contributed by atoms with E-state index < -0.39 is 30.6 Å². The molecule has 0 spiro atoms. The number of hydrogen-bond donors (Lipinski definition) is 5. The lowest BCUT2D eigenvalue weighted by Crippen LogP contribution is -2.62. The summed E-state index contributed by atoms with van der Waals surface area (Å²) in [4.78, 5) is 0. The third-order valence-electron chi connectivity index (χ3n) is 5.27. The monoisotopic (exact) mass is 375 g/mol. The van der Waals surface area contributed by atoms with E-state index in [0.717, 1.165) is 12.8 Å². The van der Waals surface area contributed by atoms with Crippen LogP contribution in [-0.2, 0) is 4.74 Å². The highest BCUT2D eigenvalue weighted by Crippen LogP contribution is 2.19. The van der Waals surface area contributed by atoms with Crippen LogP contribution in [0.1, 0.15) is 84.0 Å². The van der Waals surface area contributed by atoms with Gasteiger partial charge in [0.25, 0.3) is 0 Å². The Labute approximate surface area is 159 Å². The van der Waals surface area contributed by atoms with Gasteiger partial charge in [-0.1, -0.05) is 77.6 Å². The molecule has 5 N–H and O–H groups in total. The Morgan fingerprint density at radius 2 is 1.19 bits per heavy atom. The zero-order valence-corrected chi connectivity index (χ0v) is 16.5. The molecule has 0 radical (unpaired) electrons. The second-order valence-electron chi connectivity index (χ2n) is 7.59. The van der Waals surface area contributed by atoms with Crippen molar-refractivity contribution in [3.63, 3.8) is 0 Å². The van der Waals surface area contributed by atoms with Crippen molar-refractivity contribution in [2.75, 3.05) is 13.2 Å². The summed E-state index contributed by atoms with van der Waals surface area (Å²) < 4.78 is 5.42. The summed E-state index contributed by atoms with van der Waals surface area (Å²) in [6, 6.07) is 0. The molecule has 1 saturated heterocycles. The SMILES string of the molecule is CCCCCCCCCCCCCCNC1O[C@H](CO)[C@H](O)[C@H](O)[C@H]1O. The Morgan fingerprint density at radius 1 is 0.692 bits per heavy atom. The van der Waals surface area contributed by atoms with Crippen molar-refractivity contribution in [1.82, 2.24) is 5.32 Å². The van der Waals surface area contributed by atoms with E-state index in [0.29, 0.717) is 6.54 Å². The minimum Gasteiger partial charge on any atom is -0.394 e. The highest BCUT2D eigenvalue weighted by atomic mass is 16.6. The molecule has 156 valence electrons. The third-order valence-corrected chi connectivity index (χ3v) is 5.27. The standard InChI is InChI=1S/C20H41NO5/c1-2-3-4-5-6-7-8-9-10-11-12-13-14-21-20-19(25)18(24)17(23)16(15-22)26-20/h16-25H,2-15H2,1H3/t16-,17+,18+,19-,20?/m1/s1. The van der Waals surface area contributed by atoms with Crippen LogP contribution in [0.5, 0.6) is 0 Å².